The fourth-order valence-corrected chi connectivity index (χ4v) is 3.43. The molecule has 0 aliphatic rings. The van der Waals surface area contributed by atoms with Crippen molar-refractivity contribution < 1.29 is 8.42 Å². The Kier molecular flexibility index (Phi) is 2.94. The summed E-state index contributed by atoms with van der Waals surface area (Å²) in [5.41, 5.74) is 0.295. The molecule has 0 spiro atoms. The van der Waals surface area contributed by atoms with Gasteiger partial charge in [-0.3, -0.25) is 4.79 Å². The molecule has 2 aromatic heterocycles. The minimum atomic E-state index is -3.81. The molecular formula is C8H8N4O3S2. The summed E-state index contributed by atoms with van der Waals surface area (Å²) >= 11 is 0.623. The summed E-state index contributed by atoms with van der Waals surface area (Å²) in [6.07, 6.45) is 2.83. The van der Waals surface area contributed by atoms with Gasteiger partial charge in [0.25, 0.3) is 10.0 Å². The summed E-state index contributed by atoms with van der Waals surface area (Å²) in [6, 6.07) is 1.57. The van der Waals surface area contributed by atoms with E-state index in [0.717, 1.165) is 0 Å². The molecular weight excluding hydrogens is 264 g/mol. The minimum absolute atomic E-state index is 0.0345. The topological polar surface area (TPSA) is 105 Å². The number of rotatable bonds is 3. The highest BCUT2D eigenvalue weighted by Crippen LogP contribution is 2.17. The van der Waals surface area contributed by atoms with Crippen LogP contribution < -0.4 is 9.60 Å². The summed E-state index contributed by atoms with van der Waals surface area (Å²) in [5, 5.41) is 0. The van der Waals surface area contributed by atoms with E-state index in [1.54, 1.807) is 6.07 Å². The van der Waals surface area contributed by atoms with Gasteiger partial charge < -0.3 is 4.98 Å². The van der Waals surface area contributed by atoms with E-state index in [4.69, 9.17) is 0 Å². The fraction of sp³-hybridized carbons (Fsp3) is 0.125. The van der Waals surface area contributed by atoms with Gasteiger partial charge >= 0.3 is 4.87 Å². The highest BCUT2D eigenvalue weighted by atomic mass is 32.2. The van der Waals surface area contributed by atoms with Gasteiger partial charge in [-0.1, -0.05) is 11.3 Å². The number of nitrogens with zero attached hydrogens (tertiary/aromatic N) is 2. The molecule has 7 nitrogen and oxygen atoms in total. The smallest absolute Gasteiger partial charge is 0.306 e. The lowest BCUT2D eigenvalue weighted by Gasteiger charge is -2.03. The van der Waals surface area contributed by atoms with E-state index in [1.807, 2.05) is 0 Å². The second-order valence-electron chi connectivity index (χ2n) is 3.10. The summed E-state index contributed by atoms with van der Waals surface area (Å²) < 4.78 is 25.9. The molecule has 0 aliphatic heterocycles. The average Bonchev–Trinajstić information content (AvgIpc) is 2.59. The third kappa shape index (κ3) is 2.50. The number of aryl methyl sites for hydroxylation is 1. The predicted molar refractivity (Wildman–Crippen MR) is 62.5 cm³/mol. The van der Waals surface area contributed by atoms with Gasteiger partial charge in [-0.25, -0.2) is 23.1 Å². The van der Waals surface area contributed by atoms with Crippen molar-refractivity contribution in [3.8, 4) is 0 Å². The van der Waals surface area contributed by atoms with Crippen LogP contribution in [-0.2, 0) is 10.0 Å². The molecule has 0 aliphatic carbocycles. The molecule has 17 heavy (non-hydrogen) atoms. The Morgan fingerprint density at radius 3 is 2.53 bits per heavy atom. The zero-order valence-electron chi connectivity index (χ0n) is 8.67. The van der Waals surface area contributed by atoms with Crippen molar-refractivity contribution >= 4 is 27.3 Å². The number of sulfonamides is 1. The molecule has 0 aromatic carbocycles. The third-order valence-electron chi connectivity index (χ3n) is 1.82. The van der Waals surface area contributed by atoms with Crippen LogP contribution in [0.3, 0.4) is 0 Å². The van der Waals surface area contributed by atoms with Gasteiger partial charge in [0.1, 0.15) is 0 Å². The van der Waals surface area contributed by atoms with Crippen molar-refractivity contribution in [1.29, 1.82) is 0 Å². The SMILES string of the molecule is Cc1[nH]c(=O)sc1S(=O)(=O)Nc1ncccn1. The van der Waals surface area contributed by atoms with E-state index < -0.39 is 14.9 Å². The van der Waals surface area contributed by atoms with Crippen LogP contribution in [0.2, 0.25) is 0 Å². The van der Waals surface area contributed by atoms with E-state index >= 15 is 0 Å². The molecule has 0 bridgehead atoms. The first kappa shape index (κ1) is 11.7. The number of anilines is 1. The molecule has 0 atom stereocenters. The summed E-state index contributed by atoms with van der Waals surface area (Å²) in [6.45, 7) is 1.51. The highest BCUT2D eigenvalue weighted by molar-refractivity contribution is 7.94. The number of hydrogen-bond donors (Lipinski definition) is 2. The quantitative estimate of drug-likeness (QED) is 0.838. The zero-order valence-corrected chi connectivity index (χ0v) is 10.3. The summed E-state index contributed by atoms with van der Waals surface area (Å²) in [5.74, 6) is -0.0345. The van der Waals surface area contributed by atoms with E-state index in [9.17, 15) is 13.2 Å². The van der Waals surface area contributed by atoms with E-state index in [1.165, 1.54) is 19.3 Å². The Balaban J connectivity index is 2.38. The zero-order chi connectivity index (χ0) is 12.5. The number of hydrogen-bond acceptors (Lipinski definition) is 6. The molecule has 0 fully saturated rings. The second-order valence-corrected chi connectivity index (χ2v) is 5.97. The van der Waals surface area contributed by atoms with Crippen molar-refractivity contribution in [2.24, 2.45) is 0 Å². The summed E-state index contributed by atoms with van der Waals surface area (Å²) in [7, 11) is -3.81. The van der Waals surface area contributed by atoms with Crippen molar-refractivity contribution in [2.45, 2.75) is 11.1 Å². The van der Waals surface area contributed by atoms with Crippen molar-refractivity contribution in [1.82, 2.24) is 15.0 Å². The van der Waals surface area contributed by atoms with Crippen molar-refractivity contribution in [2.75, 3.05) is 4.72 Å². The first-order chi connectivity index (χ1) is 7.99. The number of aromatic amines is 1. The maximum Gasteiger partial charge on any atom is 0.306 e. The Morgan fingerprint density at radius 2 is 2.00 bits per heavy atom. The van der Waals surface area contributed by atoms with Crippen LogP contribution >= 0.6 is 11.3 Å². The van der Waals surface area contributed by atoms with Gasteiger partial charge in [-0.05, 0) is 13.0 Å². The van der Waals surface area contributed by atoms with Crippen LogP contribution in [0.15, 0.2) is 27.5 Å². The molecule has 2 rings (SSSR count). The molecule has 0 amide bonds. The van der Waals surface area contributed by atoms with E-state index in [-0.39, 0.29) is 10.2 Å². The lowest BCUT2D eigenvalue weighted by molar-refractivity contribution is 0.602. The summed E-state index contributed by atoms with van der Waals surface area (Å²) in [4.78, 5) is 20.5. The van der Waals surface area contributed by atoms with Crippen molar-refractivity contribution in [3.05, 3.63) is 33.8 Å². The third-order valence-corrected chi connectivity index (χ3v) is 4.75. The molecule has 2 heterocycles. The average molecular weight is 272 g/mol. The van der Waals surface area contributed by atoms with Crippen LogP contribution in [0.1, 0.15) is 5.69 Å². The van der Waals surface area contributed by atoms with Crippen molar-refractivity contribution in [3.63, 3.8) is 0 Å². The largest absolute Gasteiger partial charge is 0.315 e. The molecule has 0 saturated heterocycles. The predicted octanol–water partition coefficient (Wildman–Crippen LogP) is 0.336. The minimum Gasteiger partial charge on any atom is -0.315 e. The highest BCUT2D eigenvalue weighted by Gasteiger charge is 2.21. The molecule has 0 saturated carbocycles. The van der Waals surface area contributed by atoms with Gasteiger partial charge in [-0.2, -0.15) is 0 Å². The number of nitrogens with one attached hydrogen (secondary N) is 2. The van der Waals surface area contributed by atoms with Gasteiger partial charge in [0.15, 0.2) is 4.21 Å². The van der Waals surface area contributed by atoms with Gasteiger partial charge in [0.05, 0.1) is 0 Å². The number of H-pyrrole nitrogens is 1. The molecule has 0 unspecified atom stereocenters. The van der Waals surface area contributed by atoms with Gasteiger partial charge in [0, 0.05) is 18.1 Å². The first-order valence-corrected chi connectivity index (χ1v) is 6.78. The number of thiazole rings is 1. The second kappa shape index (κ2) is 4.26. The standard InChI is InChI=1S/C8H8N4O3S2/c1-5-6(16-8(13)11-5)17(14,15)12-7-9-3-2-4-10-7/h2-4H,1H3,(H,11,13)(H,9,10,12). The molecule has 0 radical (unpaired) electrons. The van der Waals surface area contributed by atoms with Crippen LogP contribution in [0.5, 0.6) is 0 Å². The lowest BCUT2D eigenvalue weighted by Crippen LogP contribution is -2.14. The van der Waals surface area contributed by atoms with Gasteiger partial charge in [0.2, 0.25) is 5.95 Å². The molecule has 2 N–H and O–H groups in total. The Labute approximate surface area is 101 Å². The maximum absolute atomic E-state index is 11.9. The Morgan fingerprint density at radius 1 is 1.35 bits per heavy atom. The maximum atomic E-state index is 11.9. The van der Waals surface area contributed by atoms with Crippen LogP contribution in [0, 0.1) is 6.92 Å². The molecule has 2 aromatic rings. The Hall–Kier alpha value is -1.74. The molecule has 9 heteroatoms. The van der Waals surface area contributed by atoms with Gasteiger partial charge in [-0.15, -0.1) is 0 Å². The Bertz CT molecular complexity index is 674. The molecule has 90 valence electrons. The first-order valence-electron chi connectivity index (χ1n) is 4.48. The van der Waals surface area contributed by atoms with Crippen LogP contribution in [-0.4, -0.2) is 23.4 Å². The van der Waals surface area contributed by atoms with Crippen LogP contribution in [0.4, 0.5) is 5.95 Å². The fourth-order valence-electron chi connectivity index (χ4n) is 1.17. The number of aromatic nitrogens is 3. The van der Waals surface area contributed by atoms with E-state index in [0.29, 0.717) is 17.0 Å². The lowest BCUT2D eigenvalue weighted by atomic mass is 10.6. The monoisotopic (exact) mass is 272 g/mol. The normalized spacial score (nSPS) is 11.4. The van der Waals surface area contributed by atoms with Crippen LogP contribution in [0.25, 0.3) is 0 Å². The van der Waals surface area contributed by atoms with E-state index in [2.05, 4.69) is 19.7 Å².